The highest BCUT2D eigenvalue weighted by Crippen LogP contribution is 2.15. The number of rotatable bonds is 8. The highest BCUT2D eigenvalue weighted by atomic mass is 32.2. The fraction of sp³-hybridized carbons (Fsp3) is 0.278. The van der Waals surface area contributed by atoms with E-state index in [0.29, 0.717) is 30.8 Å². The van der Waals surface area contributed by atoms with Gasteiger partial charge >= 0.3 is 0 Å². The second-order valence-electron chi connectivity index (χ2n) is 5.59. The van der Waals surface area contributed by atoms with Crippen molar-refractivity contribution in [2.24, 2.45) is 0 Å². The summed E-state index contributed by atoms with van der Waals surface area (Å²) < 4.78 is 31.7. The SMILES string of the molecule is COCCCNS(=O)(=O)c1ccc(NC(=O)c2ccc(C)cc2)cc1. The predicted octanol–water partition coefficient (Wildman–Crippen LogP) is 2.56. The number of hydrogen-bond acceptors (Lipinski definition) is 4. The molecule has 0 bridgehead atoms. The van der Waals surface area contributed by atoms with E-state index in [2.05, 4.69) is 10.0 Å². The van der Waals surface area contributed by atoms with Gasteiger partial charge in [-0.05, 0) is 49.7 Å². The molecule has 0 aliphatic rings. The van der Waals surface area contributed by atoms with Crippen LogP contribution in [0.5, 0.6) is 0 Å². The van der Waals surface area contributed by atoms with E-state index in [4.69, 9.17) is 4.74 Å². The molecule has 2 aromatic carbocycles. The van der Waals surface area contributed by atoms with Gasteiger partial charge in [-0.1, -0.05) is 17.7 Å². The summed E-state index contributed by atoms with van der Waals surface area (Å²) >= 11 is 0. The zero-order chi connectivity index (χ0) is 18.3. The lowest BCUT2D eigenvalue weighted by Gasteiger charge is -2.09. The zero-order valence-electron chi connectivity index (χ0n) is 14.3. The van der Waals surface area contributed by atoms with E-state index in [0.717, 1.165) is 5.56 Å². The van der Waals surface area contributed by atoms with Gasteiger partial charge in [0.15, 0.2) is 0 Å². The van der Waals surface area contributed by atoms with Crippen molar-refractivity contribution in [3.8, 4) is 0 Å². The fourth-order valence-electron chi connectivity index (χ4n) is 2.13. The first kappa shape index (κ1) is 19.1. The average molecular weight is 362 g/mol. The first-order valence-electron chi connectivity index (χ1n) is 7.89. The Kier molecular flexibility index (Phi) is 6.69. The topological polar surface area (TPSA) is 84.5 Å². The van der Waals surface area contributed by atoms with Crippen LogP contribution in [0.25, 0.3) is 0 Å². The maximum atomic E-state index is 12.2. The second-order valence-corrected chi connectivity index (χ2v) is 7.36. The summed E-state index contributed by atoms with van der Waals surface area (Å²) in [5.41, 5.74) is 2.15. The van der Waals surface area contributed by atoms with Crippen molar-refractivity contribution in [2.75, 3.05) is 25.6 Å². The van der Waals surface area contributed by atoms with E-state index in [1.807, 2.05) is 19.1 Å². The van der Waals surface area contributed by atoms with Crippen molar-refractivity contribution in [2.45, 2.75) is 18.2 Å². The van der Waals surface area contributed by atoms with Gasteiger partial charge in [0.2, 0.25) is 10.0 Å². The van der Waals surface area contributed by atoms with Crippen molar-refractivity contribution >= 4 is 21.6 Å². The lowest BCUT2D eigenvalue weighted by molar-refractivity contribution is 0.102. The van der Waals surface area contributed by atoms with E-state index in [9.17, 15) is 13.2 Å². The number of amides is 1. The number of aryl methyl sites for hydroxylation is 1. The molecule has 0 saturated carbocycles. The van der Waals surface area contributed by atoms with Crippen molar-refractivity contribution in [3.05, 3.63) is 59.7 Å². The summed E-state index contributed by atoms with van der Waals surface area (Å²) in [5, 5.41) is 2.75. The molecule has 1 amide bonds. The van der Waals surface area contributed by atoms with Crippen LogP contribution in [0.3, 0.4) is 0 Å². The predicted molar refractivity (Wildman–Crippen MR) is 97.3 cm³/mol. The van der Waals surface area contributed by atoms with Gasteiger partial charge < -0.3 is 10.1 Å². The molecule has 0 aromatic heterocycles. The third-order valence-electron chi connectivity index (χ3n) is 3.55. The summed E-state index contributed by atoms with van der Waals surface area (Å²) in [5.74, 6) is -0.242. The number of ether oxygens (including phenoxy) is 1. The lowest BCUT2D eigenvalue weighted by atomic mass is 10.1. The largest absolute Gasteiger partial charge is 0.385 e. The second kappa shape index (κ2) is 8.75. The first-order chi connectivity index (χ1) is 11.9. The molecule has 0 saturated heterocycles. The Bertz CT molecular complexity index is 800. The van der Waals surface area contributed by atoms with Gasteiger partial charge in [0.05, 0.1) is 4.90 Å². The van der Waals surface area contributed by atoms with Crippen LogP contribution in [0.4, 0.5) is 5.69 Å². The van der Waals surface area contributed by atoms with E-state index < -0.39 is 10.0 Å². The lowest BCUT2D eigenvalue weighted by Crippen LogP contribution is -2.25. The summed E-state index contributed by atoms with van der Waals surface area (Å²) in [6.45, 7) is 2.75. The minimum atomic E-state index is -3.56. The maximum Gasteiger partial charge on any atom is 0.255 e. The number of sulfonamides is 1. The van der Waals surface area contributed by atoms with Crippen LogP contribution in [-0.2, 0) is 14.8 Å². The highest BCUT2D eigenvalue weighted by Gasteiger charge is 2.13. The number of benzene rings is 2. The standard InChI is InChI=1S/C18H22N2O4S/c1-14-4-6-15(7-5-14)18(21)20-16-8-10-17(11-9-16)25(22,23)19-12-3-13-24-2/h4-11,19H,3,12-13H2,1-2H3,(H,20,21). The van der Waals surface area contributed by atoms with Crippen LogP contribution in [0.2, 0.25) is 0 Å². The molecule has 0 fully saturated rings. The van der Waals surface area contributed by atoms with Gasteiger partial charge in [0.1, 0.15) is 0 Å². The van der Waals surface area contributed by atoms with Gasteiger partial charge in [0, 0.05) is 31.5 Å². The molecule has 2 aromatic rings. The van der Waals surface area contributed by atoms with Gasteiger partial charge in [0.25, 0.3) is 5.91 Å². The Hall–Kier alpha value is -2.22. The van der Waals surface area contributed by atoms with Gasteiger partial charge in [-0.2, -0.15) is 0 Å². The van der Waals surface area contributed by atoms with Crippen LogP contribution < -0.4 is 10.0 Å². The monoisotopic (exact) mass is 362 g/mol. The van der Waals surface area contributed by atoms with Gasteiger partial charge in [-0.15, -0.1) is 0 Å². The average Bonchev–Trinajstić information content (AvgIpc) is 2.60. The normalized spacial score (nSPS) is 11.3. The number of hydrogen-bond donors (Lipinski definition) is 2. The first-order valence-corrected chi connectivity index (χ1v) is 9.37. The Labute approximate surface area is 148 Å². The van der Waals surface area contributed by atoms with Crippen LogP contribution in [-0.4, -0.2) is 34.6 Å². The molecule has 25 heavy (non-hydrogen) atoms. The molecule has 134 valence electrons. The smallest absolute Gasteiger partial charge is 0.255 e. The minimum absolute atomic E-state index is 0.151. The Morgan fingerprint density at radius 3 is 2.28 bits per heavy atom. The van der Waals surface area contributed by atoms with E-state index in [-0.39, 0.29) is 10.8 Å². The molecule has 2 N–H and O–H groups in total. The van der Waals surface area contributed by atoms with Crippen LogP contribution >= 0.6 is 0 Å². The summed E-state index contributed by atoms with van der Waals surface area (Å²) in [6.07, 6.45) is 0.598. The number of carbonyl (C=O) groups is 1. The number of anilines is 1. The summed E-state index contributed by atoms with van der Waals surface area (Å²) in [6, 6.07) is 13.3. The number of methoxy groups -OCH3 is 1. The van der Waals surface area contributed by atoms with Crippen LogP contribution in [0.1, 0.15) is 22.3 Å². The minimum Gasteiger partial charge on any atom is -0.385 e. The molecule has 0 spiro atoms. The molecule has 0 atom stereocenters. The number of carbonyl (C=O) groups excluding carboxylic acids is 1. The van der Waals surface area contributed by atoms with Gasteiger partial charge in [-0.3, -0.25) is 4.79 Å². The molecule has 0 heterocycles. The molecule has 0 unspecified atom stereocenters. The molecule has 0 aliphatic carbocycles. The van der Waals surface area contributed by atoms with Crippen molar-refractivity contribution < 1.29 is 17.9 Å². The number of nitrogens with one attached hydrogen (secondary N) is 2. The molecule has 2 rings (SSSR count). The summed E-state index contributed by atoms with van der Waals surface area (Å²) in [4.78, 5) is 12.3. The van der Waals surface area contributed by atoms with E-state index in [1.165, 1.54) is 12.1 Å². The molecule has 7 heteroatoms. The Balaban J connectivity index is 1.99. The van der Waals surface area contributed by atoms with Crippen molar-refractivity contribution in [3.63, 3.8) is 0 Å². The third-order valence-corrected chi connectivity index (χ3v) is 5.03. The highest BCUT2D eigenvalue weighted by molar-refractivity contribution is 7.89. The quantitative estimate of drug-likeness (QED) is 0.707. The summed E-state index contributed by atoms with van der Waals surface area (Å²) in [7, 11) is -1.99. The van der Waals surface area contributed by atoms with Crippen LogP contribution in [0.15, 0.2) is 53.4 Å². The fourth-order valence-corrected chi connectivity index (χ4v) is 3.21. The molecule has 0 aliphatic heterocycles. The molecular weight excluding hydrogens is 340 g/mol. The van der Waals surface area contributed by atoms with Gasteiger partial charge in [-0.25, -0.2) is 13.1 Å². The van der Waals surface area contributed by atoms with Crippen LogP contribution in [0, 0.1) is 6.92 Å². The Morgan fingerprint density at radius 1 is 1.04 bits per heavy atom. The molecule has 6 nitrogen and oxygen atoms in total. The van der Waals surface area contributed by atoms with E-state index in [1.54, 1.807) is 31.4 Å². The molecule has 0 radical (unpaired) electrons. The van der Waals surface area contributed by atoms with E-state index >= 15 is 0 Å². The maximum absolute atomic E-state index is 12.2. The molecular formula is C18H22N2O4S. The van der Waals surface area contributed by atoms with Crippen molar-refractivity contribution in [1.82, 2.24) is 4.72 Å². The van der Waals surface area contributed by atoms with Crippen molar-refractivity contribution in [1.29, 1.82) is 0 Å². The third kappa shape index (κ3) is 5.67. The Morgan fingerprint density at radius 2 is 1.68 bits per heavy atom. The zero-order valence-corrected chi connectivity index (χ0v) is 15.1.